The molecule has 0 aromatic heterocycles. The maximum Gasteiger partial charge on any atom is 1.00 e. The van der Waals surface area contributed by atoms with Crippen molar-refractivity contribution in [2.75, 3.05) is 0 Å². The molecule has 0 bridgehead atoms. The number of hydrogen-bond donors (Lipinski definition) is 0. The third-order valence-corrected chi connectivity index (χ3v) is 0.236. The van der Waals surface area contributed by atoms with Crippen molar-refractivity contribution in [2.45, 2.75) is 13.8 Å². The number of allylic oxidation sites excluding steroid dienone is 1. The molecule has 6 heavy (non-hydrogen) atoms. The van der Waals surface area contributed by atoms with E-state index in [0.29, 0.717) is 0 Å². The predicted octanol–water partition coefficient (Wildman–Crippen LogP) is -2.73. The van der Waals surface area contributed by atoms with E-state index in [-0.39, 0.29) is 29.6 Å². The zero-order chi connectivity index (χ0) is 4.28. The first-order chi connectivity index (χ1) is 2.27. The molecule has 0 aliphatic heterocycles. The Hall–Kier alpha value is 0.540. The van der Waals surface area contributed by atoms with Crippen LogP contribution in [0, 0.1) is 0 Å². The van der Waals surface area contributed by atoms with Crippen molar-refractivity contribution in [1.29, 1.82) is 0 Å². The second-order valence-electron chi connectivity index (χ2n) is 1.20. The van der Waals surface area contributed by atoms with Gasteiger partial charge in [0, 0.05) is 0 Å². The molecule has 0 saturated carbocycles. The fraction of sp³-hybridized carbons (Fsp3) is 0.500. The van der Waals surface area contributed by atoms with Crippen LogP contribution < -0.4 is 34.7 Å². The summed E-state index contributed by atoms with van der Waals surface area (Å²) in [5.74, 6) is 0. The van der Waals surface area contributed by atoms with Gasteiger partial charge in [0.1, 0.15) is 0 Å². The van der Waals surface area contributed by atoms with Crippen LogP contribution in [0.3, 0.4) is 0 Å². The van der Waals surface area contributed by atoms with Crippen LogP contribution in [0.1, 0.15) is 13.8 Å². The third kappa shape index (κ3) is 8.82. The summed E-state index contributed by atoms with van der Waals surface area (Å²) in [6.07, 6.45) is 0.833. The van der Waals surface area contributed by atoms with Crippen LogP contribution in [0.4, 0.5) is 0 Å². The van der Waals surface area contributed by atoms with Gasteiger partial charge in [-0.25, -0.2) is 0 Å². The van der Waals surface area contributed by atoms with Gasteiger partial charge in [-0.15, -0.1) is 0 Å². The smallest absolute Gasteiger partial charge is 0.878 e. The maximum atomic E-state index is 9.47. The molecule has 1 nitrogen and oxygen atoms in total. The molecule has 0 saturated heterocycles. The van der Waals surface area contributed by atoms with Crippen LogP contribution in [0.2, 0.25) is 0 Å². The van der Waals surface area contributed by atoms with Crippen molar-refractivity contribution in [1.82, 2.24) is 0 Å². The summed E-state index contributed by atoms with van der Waals surface area (Å²) in [6, 6.07) is 0. The first-order valence-corrected chi connectivity index (χ1v) is 1.52. The molecule has 2 heteroatoms. The second kappa shape index (κ2) is 5.54. The number of rotatable bonds is 0. The van der Waals surface area contributed by atoms with Gasteiger partial charge in [-0.05, 0) is 13.8 Å². The van der Waals surface area contributed by atoms with E-state index in [9.17, 15) is 5.11 Å². The van der Waals surface area contributed by atoms with Crippen LogP contribution in [0.5, 0.6) is 0 Å². The van der Waals surface area contributed by atoms with Gasteiger partial charge in [0.15, 0.2) is 0 Å². The molecule has 0 unspecified atom stereocenters. The fourth-order valence-corrected chi connectivity index (χ4v) is 0. The van der Waals surface area contributed by atoms with Gasteiger partial charge in [-0.1, -0.05) is 5.57 Å². The van der Waals surface area contributed by atoms with E-state index < -0.39 is 0 Å². The summed E-state index contributed by atoms with van der Waals surface area (Å²) in [5.41, 5.74) is 0.824. The topological polar surface area (TPSA) is 23.1 Å². The Bertz CT molecular complexity index is 45.5. The van der Waals surface area contributed by atoms with Crippen molar-refractivity contribution in [2.24, 2.45) is 0 Å². The molecule has 0 atom stereocenters. The first kappa shape index (κ1) is 9.74. The van der Waals surface area contributed by atoms with E-state index in [1.54, 1.807) is 13.8 Å². The minimum Gasteiger partial charge on any atom is -0.878 e. The van der Waals surface area contributed by atoms with Gasteiger partial charge >= 0.3 is 29.6 Å². The Morgan fingerprint density at radius 2 is 1.67 bits per heavy atom. The van der Waals surface area contributed by atoms with Gasteiger partial charge in [0.2, 0.25) is 0 Å². The van der Waals surface area contributed by atoms with Crippen LogP contribution in [-0.4, -0.2) is 0 Å². The predicted molar refractivity (Wildman–Crippen MR) is 19.4 cm³/mol. The summed E-state index contributed by atoms with van der Waals surface area (Å²) in [7, 11) is 0. The van der Waals surface area contributed by atoms with Crippen molar-refractivity contribution < 1.29 is 34.7 Å². The Balaban J connectivity index is 0. The monoisotopic (exact) mass is 94.0 g/mol. The van der Waals surface area contributed by atoms with Crippen molar-refractivity contribution in [3.05, 3.63) is 11.8 Å². The molecular formula is C4H7NaO. The molecule has 0 aliphatic carbocycles. The average Bonchev–Trinajstić information content (AvgIpc) is 1.38. The summed E-state index contributed by atoms with van der Waals surface area (Å²) >= 11 is 0. The van der Waals surface area contributed by atoms with Crippen molar-refractivity contribution in [3.8, 4) is 0 Å². The van der Waals surface area contributed by atoms with E-state index in [4.69, 9.17) is 0 Å². The average molecular weight is 94.1 g/mol. The van der Waals surface area contributed by atoms with Crippen LogP contribution in [-0.2, 0) is 0 Å². The van der Waals surface area contributed by atoms with E-state index in [1.165, 1.54) is 0 Å². The fourth-order valence-electron chi connectivity index (χ4n) is 0. The summed E-state index contributed by atoms with van der Waals surface area (Å²) in [5, 5.41) is 9.47. The molecule has 0 fully saturated rings. The Morgan fingerprint density at radius 1 is 1.50 bits per heavy atom. The molecule has 0 amide bonds. The standard InChI is InChI=1S/C4H8O.Na/c1-4(2)3-5;/h3,5H,1-2H3;/q;+1/p-1. The van der Waals surface area contributed by atoms with Gasteiger partial charge < -0.3 is 5.11 Å². The second-order valence-corrected chi connectivity index (χ2v) is 1.20. The van der Waals surface area contributed by atoms with Gasteiger partial charge in [0.05, 0.1) is 0 Å². The molecule has 30 valence electrons. The van der Waals surface area contributed by atoms with Gasteiger partial charge in [-0.3, -0.25) is 0 Å². The Morgan fingerprint density at radius 3 is 1.67 bits per heavy atom. The quantitative estimate of drug-likeness (QED) is 0.236. The Labute approximate surface area is 60.4 Å². The summed E-state index contributed by atoms with van der Waals surface area (Å²) < 4.78 is 0. The van der Waals surface area contributed by atoms with Crippen LogP contribution in [0.15, 0.2) is 11.8 Å². The van der Waals surface area contributed by atoms with Gasteiger partial charge in [-0.2, -0.15) is 6.26 Å². The molecule has 0 N–H and O–H groups in total. The van der Waals surface area contributed by atoms with E-state index in [2.05, 4.69) is 0 Å². The minimum atomic E-state index is 0. The molecular weight excluding hydrogens is 87.0 g/mol. The first-order valence-electron chi connectivity index (χ1n) is 1.52. The molecule has 0 aromatic rings. The molecule has 0 rings (SSSR count). The molecule has 0 aromatic carbocycles. The largest absolute Gasteiger partial charge is 1.00 e. The Kier molecular flexibility index (Phi) is 8.99. The zero-order valence-corrected chi connectivity index (χ0v) is 6.49. The van der Waals surface area contributed by atoms with E-state index >= 15 is 0 Å². The molecule has 0 heterocycles. The van der Waals surface area contributed by atoms with Crippen LogP contribution in [0.25, 0.3) is 0 Å². The maximum absolute atomic E-state index is 9.47. The van der Waals surface area contributed by atoms with E-state index in [0.717, 1.165) is 11.8 Å². The van der Waals surface area contributed by atoms with Crippen molar-refractivity contribution in [3.63, 3.8) is 0 Å². The number of hydrogen-bond acceptors (Lipinski definition) is 1. The van der Waals surface area contributed by atoms with Crippen molar-refractivity contribution >= 4 is 0 Å². The van der Waals surface area contributed by atoms with Crippen LogP contribution >= 0.6 is 0 Å². The van der Waals surface area contributed by atoms with E-state index in [1.807, 2.05) is 0 Å². The molecule has 0 spiro atoms. The summed E-state index contributed by atoms with van der Waals surface area (Å²) in [4.78, 5) is 0. The summed E-state index contributed by atoms with van der Waals surface area (Å²) in [6.45, 7) is 3.54. The molecule has 0 aliphatic rings. The zero-order valence-electron chi connectivity index (χ0n) is 4.49. The minimum absolute atomic E-state index is 0. The normalized spacial score (nSPS) is 5.67. The van der Waals surface area contributed by atoms with Gasteiger partial charge in [0.25, 0.3) is 0 Å². The molecule has 0 radical (unpaired) electrons. The SMILES string of the molecule is CC(C)=C[O-].[Na+]. The third-order valence-electron chi connectivity index (χ3n) is 0.236.